The van der Waals surface area contributed by atoms with E-state index in [0.717, 1.165) is 11.3 Å². The van der Waals surface area contributed by atoms with Crippen molar-refractivity contribution in [2.24, 2.45) is 0 Å². The van der Waals surface area contributed by atoms with Crippen molar-refractivity contribution in [3.63, 3.8) is 0 Å². The fourth-order valence-electron chi connectivity index (χ4n) is 2.14. The third kappa shape index (κ3) is 3.41. The van der Waals surface area contributed by atoms with Crippen molar-refractivity contribution < 1.29 is 27.5 Å². The number of hydrogen-bond acceptors (Lipinski definition) is 7. The Balaban J connectivity index is 1.83. The molecule has 1 atom stereocenters. The number of carbonyl (C=O) groups excluding carboxylic acids is 2. The Labute approximate surface area is 142 Å². The molecule has 2 heterocycles. The zero-order valence-electron chi connectivity index (χ0n) is 12.3. The van der Waals surface area contributed by atoms with Crippen molar-refractivity contribution in [3.8, 4) is 0 Å². The van der Waals surface area contributed by atoms with Crippen LogP contribution in [-0.2, 0) is 24.3 Å². The SMILES string of the molecule is O=C(O[C@H]1CCOC1=O)c1ccccc1NS(=O)(=O)c1cccs1. The van der Waals surface area contributed by atoms with Gasteiger partial charge in [-0.25, -0.2) is 18.0 Å². The van der Waals surface area contributed by atoms with Crippen LogP contribution < -0.4 is 4.72 Å². The number of sulfonamides is 1. The first-order valence-electron chi connectivity index (χ1n) is 7.00. The maximum absolute atomic E-state index is 12.3. The summed E-state index contributed by atoms with van der Waals surface area (Å²) < 4.78 is 37.0. The van der Waals surface area contributed by atoms with E-state index < -0.39 is 28.1 Å². The van der Waals surface area contributed by atoms with Gasteiger partial charge in [0.1, 0.15) is 4.21 Å². The van der Waals surface area contributed by atoms with Crippen molar-refractivity contribution in [3.05, 3.63) is 47.3 Å². The number of benzene rings is 1. The second-order valence-corrected chi connectivity index (χ2v) is 7.79. The van der Waals surface area contributed by atoms with Gasteiger partial charge in [0.2, 0.25) is 6.10 Å². The van der Waals surface area contributed by atoms with Gasteiger partial charge in [-0.3, -0.25) is 4.72 Å². The molecular formula is C15H13NO6S2. The number of anilines is 1. The highest BCUT2D eigenvalue weighted by Crippen LogP contribution is 2.24. The number of hydrogen-bond donors (Lipinski definition) is 1. The molecule has 126 valence electrons. The molecule has 1 aliphatic heterocycles. The van der Waals surface area contributed by atoms with Crippen molar-refractivity contribution in [2.75, 3.05) is 11.3 Å². The van der Waals surface area contributed by atoms with Gasteiger partial charge in [-0.1, -0.05) is 18.2 Å². The third-order valence-electron chi connectivity index (χ3n) is 3.29. The van der Waals surface area contributed by atoms with Gasteiger partial charge in [0.05, 0.1) is 17.9 Å². The van der Waals surface area contributed by atoms with Gasteiger partial charge in [-0.2, -0.15) is 0 Å². The molecular weight excluding hydrogens is 354 g/mol. The van der Waals surface area contributed by atoms with Crippen LogP contribution in [0.25, 0.3) is 0 Å². The summed E-state index contributed by atoms with van der Waals surface area (Å²) >= 11 is 1.06. The van der Waals surface area contributed by atoms with Gasteiger partial charge in [0, 0.05) is 6.42 Å². The minimum atomic E-state index is -3.79. The number of para-hydroxylation sites is 1. The monoisotopic (exact) mass is 367 g/mol. The van der Waals surface area contributed by atoms with Crippen LogP contribution in [0.5, 0.6) is 0 Å². The lowest BCUT2D eigenvalue weighted by molar-refractivity contribution is -0.145. The molecule has 3 rings (SSSR count). The predicted molar refractivity (Wildman–Crippen MR) is 86.3 cm³/mol. The lowest BCUT2D eigenvalue weighted by Crippen LogP contribution is -2.23. The number of thiophene rings is 1. The molecule has 0 unspecified atom stereocenters. The van der Waals surface area contributed by atoms with E-state index in [9.17, 15) is 18.0 Å². The zero-order valence-corrected chi connectivity index (χ0v) is 13.9. The largest absolute Gasteiger partial charge is 0.463 e. The van der Waals surface area contributed by atoms with Gasteiger partial charge < -0.3 is 9.47 Å². The Morgan fingerprint density at radius 2 is 2.04 bits per heavy atom. The van der Waals surface area contributed by atoms with Gasteiger partial charge in [0.25, 0.3) is 10.0 Å². The van der Waals surface area contributed by atoms with Crippen LogP contribution in [-0.4, -0.2) is 33.1 Å². The molecule has 1 aliphatic rings. The second kappa shape index (κ2) is 6.62. The number of carbonyl (C=O) groups is 2. The summed E-state index contributed by atoms with van der Waals surface area (Å²) in [4.78, 5) is 23.7. The molecule has 0 amide bonds. The average Bonchev–Trinajstić information content (AvgIpc) is 3.20. The van der Waals surface area contributed by atoms with Gasteiger partial charge in [0.15, 0.2) is 0 Å². The maximum Gasteiger partial charge on any atom is 0.347 e. The average molecular weight is 367 g/mol. The minimum Gasteiger partial charge on any atom is -0.463 e. The third-order valence-corrected chi connectivity index (χ3v) is 6.05. The number of esters is 2. The van der Waals surface area contributed by atoms with Crippen LogP contribution in [0.4, 0.5) is 5.69 Å². The molecule has 1 saturated heterocycles. The van der Waals surface area contributed by atoms with Crippen molar-refractivity contribution >= 4 is 39.0 Å². The Morgan fingerprint density at radius 1 is 1.25 bits per heavy atom. The van der Waals surface area contributed by atoms with Gasteiger partial charge in [-0.15, -0.1) is 11.3 Å². The van der Waals surface area contributed by atoms with Crippen molar-refractivity contribution in [1.29, 1.82) is 0 Å². The van der Waals surface area contributed by atoms with Gasteiger partial charge >= 0.3 is 11.9 Å². The lowest BCUT2D eigenvalue weighted by atomic mass is 10.2. The van der Waals surface area contributed by atoms with E-state index in [1.807, 2.05) is 0 Å². The van der Waals surface area contributed by atoms with Crippen LogP contribution in [0, 0.1) is 0 Å². The first kappa shape index (κ1) is 16.5. The molecule has 0 aliphatic carbocycles. The van der Waals surface area contributed by atoms with Crippen LogP contribution in [0.3, 0.4) is 0 Å². The lowest BCUT2D eigenvalue weighted by Gasteiger charge is -2.13. The Morgan fingerprint density at radius 3 is 2.71 bits per heavy atom. The van der Waals surface area contributed by atoms with Gasteiger partial charge in [-0.05, 0) is 23.6 Å². The van der Waals surface area contributed by atoms with E-state index in [1.54, 1.807) is 23.6 Å². The first-order valence-corrected chi connectivity index (χ1v) is 9.36. The summed E-state index contributed by atoms with van der Waals surface area (Å²) in [6.45, 7) is 0.198. The molecule has 1 aromatic carbocycles. The van der Waals surface area contributed by atoms with E-state index in [1.165, 1.54) is 18.2 Å². The molecule has 0 saturated carbocycles. The standard InChI is InChI=1S/C15H13NO6S2/c17-14(22-12-7-8-21-15(12)18)10-4-1-2-5-11(10)16-24(19,20)13-6-3-9-23-13/h1-6,9,12,16H,7-8H2/t12-/m0/s1. The minimum absolute atomic E-state index is 0.0253. The maximum atomic E-state index is 12.3. The molecule has 2 aromatic rings. The topological polar surface area (TPSA) is 98.8 Å². The molecule has 7 nitrogen and oxygen atoms in total. The summed E-state index contributed by atoms with van der Waals surface area (Å²) in [6.07, 6.45) is -0.673. The highest BCUT2D eigenvalue weighted by molar-refractivity contribution is 7.94. The molecule has 9 heteroatoms. The number of cyclic esters (lactones) is 1. The predicted octanol–water partition coefficient (Wildman–Crippen LogP) is 2.02. The molecule has 1 aromatic heterocycles. The Kier molecular flexibility index (Phi) is 4.54. The number of ether oxygens (including phenoxy) is 2. The summed E-state index contributed by atoms with van der Waals surface area (Å²) in [5.41, 5.74) is 0.111. The fourth-order valence-corrected chi connectivity index (χ4v) is 4.21. The van der Waals surface area contributed by atoms with Crippen LogP contribution in [0.15, 0.2) is 46.0 Å². The van der Waals surface area contributed by atoms with Crippen LogP contribution in [0.2, 0.25) is 0 Å². The summed E-state index contributed by atoms with van der Waals surface area (Å²) in [5, 5.41) is 1.64. The van der Waals surface area contributed by atoms with E-state index >= 15 is 0 Å². The summed E-state index contributed by atoms with van der Waals surface area (Å²) in [7, 11) is -3.79. The number of nitrogens with one attached hydrogen (secondary N) is 1. The second-order valence-electron chi connectivity index (χ2n) is 4.93. The van der Waals surface area contributed by atoms with E-state index in [4.69, 9.17) is 9.47 Å². The van der Waals surface area contributed by atoms with E-state index in [-0.39, 0.29) is 28.5 Å². The highest BCUT2D eigenvalue weighted by atomic mass is 32.2. The summed E-state index contributed by atoms with van der Waals surface area (Å²) in [6, 6.07) is 9.12. The quantitative estimate of drug-likeness (QED) is 0.812. The van der Waals surface area contributed by atoms with E-state index in [0.29, 0.717) is 0 Å². The molecule has 0 bridgehead atoms. The number of rotatable bonds is 5. The van der Waals surface area contributed by atoms with Crippen molar-refractivity contribution in [2.45, 2.75) is 16.7 Å². The van der Waals surface area contributed by atoms with Crippen molar-refractivity contribution in [1.82, 2.24) is 0 Å². The fraction of sp³-hybridized carbons (Fsp3) is 0.200. The molecule has 0 spiro atoms. The van der Waals surface area contributed by atoms with E-state index in [2.05, 4.69) is 4.72 Å². The normalized spacial score (nSPS) is 17.3. The highest BCUT2D eigenvalue weighted by Gasteiger charge is 2.31. The first-order chi connectivity index (χ1) is 11.5. The smallest absolute Gasteiger partial charge is 0.347 e. The molecule has 24 heavy (non-hydrogen) atoms. The summed E-state index contributed by atoms with van der Waals surface area (Å²) in [5.74, 6) is -1.39. The molecule has 1 fully saturated rings. The zero-order chi connectivity index (χ0) is 17.2. The molecule has 0 radical (unpaired) electrons. The Hall–Kier alpha value is -2.39. The van der Waals surface area contributed by atoms with Crippen LogP contribution in [0.1, 0.15) is 16.8 Å². The van der Waals surface area contributed by atoms with Crippen LogP contribution >= 0.6 is 11.3 Å². The Bertz CT molecular complexity index is 860. The molecule has 1 N–H and O–H groups in total.